The Morgan fingerprint density at radius 2 is 1.68 bits per heavy atom. The van der Waals surface area contributed by atoms with Crippen molar-refractivity contribution >= 4 is 17.9 Å². The molecule has 1 saturated heterocycles. The molecule has 0 aromatic heterocycles. The van der Waals surface area contributed by atoms with E-state index >= 15 is 0 Å². The molecule has 0 saturated carbocycles. The molecule has 7 heteroatoms. The van der Waals surface area contributed by atoms with Crippen LogP contribution in [-0.4, -0.2) is 49.6 Å². The van der Waals surface area contributed by atoms with Gasteiger partial charge in [0.1, 0.15) is 17.9 Å². The van der Waals surface area contributed by atoms with E-state index in [0.29, 0.717) is 31.0 Å². The van der Waals surface area contributed by atoms with Crippen molar-refractivity contribution in [1.29, 1.82) is 0 Å². The molecule has 1 aliphatic carbocycles. The number of nitrogens with zero attached hydrogens (tertiary/aromatic N) is 1. The van der Waals surface area contributed by atoms with Gasteiger partial charge in [0, 0.05) is 32.0 Å². The van der Waals surface area contributed by atoms with Crippen LogP contribution in [0.3, 0.4) is 0 Å². The summed E-state index contributed by atoms with van der Waals surface area (Å²) in [5.41, 5.74) is 4.43. The first-order chi connectivity index (χ1) is 19.5. The van der Waals surface area contributed by atoms with Gasteiger partial charge >= 0.3 is 0 Å². The number of nitrogens with one attached hydrogen (secondary N) is 1. The molecule has 2 aliphatic rings. The molecule has 0 spiro atoms. The Hall–Kier alpha value is -4.26. The van der Waals surface area contributed by atoms with Crippen molar-refractivity contribution in [3.63, 3.8) is 0 Å². The largest absolute Gasteiger partial charge is 0.493 e. The van der Waals surface area contributed by atoms with E-state index in [-0.39, 0.29) is 17.9 Å². The Morgan fingerprint density at radius 1 is 0.950 bits per heavy atom. The molecule has 0 bridgehead atoms. The molecule has 3 aromatic rings. The summed E-state index contributed by atoms with van der Waals surface area (Å²) in [6.07, 6.45) is 7.61. The Morgan fingerprint density at radius 3 is 2.38 bits per heavy atom. The van der Waals surface area contributed by atoms with E-state index in [1.807, 2.05) is 36.4 Å². The summed E-state index contributed by atoms with van der Waals surface area (Å²) in [6, 6.07) is 21.3. The van der Waals surface area contributed by atoms with Gasteiger partial charge in [-0.05, 0) is 71.9 Å². The third-order valence-corrected chi connectivity index (χ3v) is 7.58. The third kappa shape index (κ3) is 6.47. The molecule has 7 nitrogen and oxygen atoms in total. The summed E-state index contributed by atoms with van der Waals surface area (Å²) in [5, 5.41) is 2.97. The molecule has 0 unspecified atom stereocenters. The van der Waals surface area contributed by atoms with Crippen LogP contribution >= 0.6 is 0 Å². The second-order valence-corrected chi connectivity index (χ2v) is 10.3. The maximum Gasteiger partial charge on any atom is 0.247 e. The van der Waals surface area contributed by atoms with Gasteiger partial charge in [-0.25, -0.2) is 0 Å². The Labute approximate surface area is 235 Å². The first-order valence-corrected chi connectivity index (χ1v) is 13.8. The lowest BCUT2D eigenvalue weighted by Gasteiger charge is -2.29. The molecule has 1 N–H and O–H groups in total. The Bertz CT molecular complexity index is 1340. The smallest absolute Gasteiger partial charge is 0.247 e. The normalized spacial score (nSPS) is 17.1. The summed E-state index contributed by atoms with van der Waals surface area (Å²) >= 11 is 0. The minimum Gasteiger partial charge on any atom is -0.493 e. The number of methoxy groups -OCH3 is 2. The minimum atomic E-state index is -0.530. The quantitative estimate of drug-likeness (QED) is 0.388. The molecule has 0 radical (unpaired) electrons. The molecule has 3 aromatic carbocycles. The molecule has 2 amide bonds. The van der Waals surface area contributed by atoms with Crippen LogP contribution in [0.1, 0.15) is 41.5 Å². The maximum atomic E-state index is 13.5. The minimum absolute atomic E-state index is 0.105. The topological polar surface area (TPSA) is 77.1 Å². The molecular formula is C33H36N2O5. The molecule has 208 valence electrons. The standard InChI is InChI=1S/C33H36N2O5/c1-38-30-16-12-23(19-31(30)39-2)13-17-32(36)35(29-9-5-6-18-34-33(29)37)22-24-10-14-27(15-11-24)40-28-20-25-7-3-4-8-26(25)21-28/h3-4,7-8,10-17,19,28-29H,5-6,9,18,20-22H2,1-2H3,(H,34,37)/t29-/m0/s1. The first-order valence-electron chi connectivity index (χ1n) is 13.8. The zero-order valence-corrected chi connectivity index (χ0v) is 23.1. The van der Waals surface area contributed by atoms with Gasteiger partial charge in [0.05, 0.1) is 14.2 Å². The van der Waals surface area contributed by atoms with Gasteiger partial charge in [0.25, 0.3) is 0 Å². The van der Waals surface area contributed by atoms with Gasteiger partial charge in [-0.2, -0.15) is 0 Å². The van der Waals surface area contributed by atoms with Crippen molar-refractivity contribution in [2.24, 2.45) is 0 Å². The van der Waals surface area contributed by atoms with Crippen molar-refractivity contribution < 1.29 is 23.8 Å². The fourth-order valence-electron chi connectivity index (χ4n) is 5.45. The van der Waals surface area contributed by atoms with Crippen LogP contribution in [0.25, 0.3) is 6.08 Å². The number of benzene rings is 3. The third-order valence-electron chi connectivity index (χ3n) is 7.58. The lowest BCUT2D eigenvalue weighted by molar-refractivity contribution is -0.137. The van der Waals surface area contributed by atoms with Gasteiger partial charge in [0.2, 0.25) is 11.8 Å². The number of amides is 2. The van der Waals surface area contributed by atoms with E-state index < -0.39 is 6.04 Å². The van der Waals surface area contributed by atoms with Crippen LogP contribution in [0.4, 0.5) is 0 Å². The highest BCUT2D eigenvalue weighted by Gasteiger charge is 2.30. The summed E-state index contributed by atoms with van der Waals surface area (Å²) in [7, 11) is 3.16. The summed E-state index contributed by atoms with van der Waals surface area (Å²) in [6.45, 7) is 0.957. The molecular weight excluding hydrogens is 504 g/mol. The van der Waals surface area contributed by atoms with Crippen LogP contribution in [-0.2, 0) is 29.0 Å². The molecule has 1 fully saturated rings. The van der Waals surface area contributed by atoms with Crippen molar-refractivity contribution in [3.8, 4) is 17.2 Å². The van der Waals surface area contributed by atoms with E-state index in [1.165, 1.54) is 17.2 Å². The number of hydrogen-bond donors (Lipinski definition) is 1. The Kier molecular flexibility index (Phi) is 8.69. The van der Waals surface area contributed by atoms with Crippen LogP contribution in [0.5, 0.6) is 17.2 Å². The lowest BCUT2D eigenvalue weighted by atomic mass is 10.1. The highest BCUT2D eigenvalue weighted by atomic mass is 16.5. The van der Waals surface area contributed by atoms with E-state index in [4.69, 9.17) is 14.2 Å². The fourth-order valence-corrected chi connectivity index (χ4v) is 5.45. The van der Waals surface area contributed by atoms with Crippen LogP contribution in [0, 0.1) is 0 Å². The maximum absolute atomic E-state index is 13.5. The second-order valence-electron chi connectivity index (χ2n) is 10.3. The van der Waals surface area contributed by atoms with E-state index in [9.17, 15) is 9.59 Å². The summed E-state index contributed by atoms with van der Waals surface area (Å²) in [5.74, 6) is 1.68. The average Bonchev–Trinajstić information content (AvgIpc) is 3.27. The number of carbonyl (C=O) groups is 2. The Balaban J connectivity index is 1.30. The second kappa shape index (κ2) is 12.7. The van der Waals surface area contributed by atoms with Crippen molar-refractivity contribution in [1.82, 2.24) is 10.2 Å². The summed E-state index contributed by atoms with van der Waals surface area (Å²) < 4.78 is 17.0. The van der Waals surface area contributed by atoms with Crippen LogP contribution in [0.2, 0.25) is 0 Å². The SMILES string of the molecule is COc1ccc(C=CC(=O)N(Cc2ccc(OC3Cc4ccccc4C3)cc2)[C@H]2CCCCNC2=O)cc1OC. The number of carbonyl (C=O) groups excluding carboxylic acids is 2. The highest BCUT2D eigenvalue weighted by molar-refractivity contribution is 5.95. The molecule has 5 rings (SSSR count). The highest BCUT2D eigenvalue weighted by Crippen LogP contribution is 2.29. The van der Waals surface area contributed by atoms with E-state index in [1.54, 1.807) is 31.3 Å². The number of fused-ring (bicyclic) bond motifs is 1. The number of hydrogen-bond acceptors (Lipinski definition) is 5. The molecule has 1 heterocycles. The summed E-state index contributed by atoms with van der Waals surface area (Å²) in [4.78, 5) is 28.1. The predicted molar refractivity (Wildman–Crippen MR) is 154 cm³/mol. The van der Waals surface area contributed by atoms with Gasteiger partial charge in [-0.1, -0.05) is 42.5 Å². The monoisotopic (exact) mass is 540 g/mol. The average molecular weight is 541 g/mol. The van der Waals surface area contributed by atoms with E-state index in [0.717, 1.165) is 42.6 Å². The van der Waals surface area contributed by atoms with Gasteiger partial charge in [0.15, 0.2) is 11.5 Å². The zero-order valence-electron chi connectivity index (χ0n) is 23.1. The molecule has 1 atom stereocenters. The molecule has 1 aliphatic heterocycles. The van der Waals surface area contributed by atoms with Crippen molar-refractivity contribution in [3.05, 3.63) is 95.1 Å². The van der Waals surface area contributed by atoms with E-state index in [2.05, 4.69) is 29.6 Å². The van der Waals surface area contributed by atoms with Crippen LogP contribution in [0.15, 0.2) is 72.8 Å². The first kappa shape index (κ1) is 27.3. The fraction of sp³-hybridized carbons (Fsp3) is 0.333. The molecule has 40 heavy (non-hydrogen) atoms. The lowest BCUT2D eigenvalue weighted by Crippen LogP contribution is -2.47. The van der Waals surface area contributed by atoms with Crippen molar-refractivity contribution in [2.75, 3.05) is 20.8 Å². The van der Waals surface area contributed by atoms with Crippen molar-refractivity contribution in [2.45, 2.75) is 50.8 Å². The number of rotatable bonds is 9. The number of ether oxygens (including phenoxy) is 3. The van der Waals surface area contributed by atoms with Gasteiger partial charge in [-0.15, -0.1) is 0 Å². The predicted octanol–water partition coefficient (Wildman–Crippen LogP) is 4.96. The zero-order chi connectivity index (χ0) is 27.9. The van der Waals surface area contributed by atoms with Gasteiger partial charge in [-0.3, -0.25) is 9.59 Å². The van der Waals surface area contributed by atoms with Gasteiger partial charge < -0.3 is 24.4 Å². The van der Waals surface area contributed by atoms with Crippen LogP contribution < -0.4 is 19.5 Å².